The van der Waals surface area contributed by atoms with E-state index in [0.29, 0.717) is 11.0 Å². The number of anilines is 1. The Morgan fingerprint density at radius 2 is 1.97 bits per heavy atom. The van der Waals surface area contributed by atoms with Crippen LogP contribution < -0.4 is 10.9 Å². The number of amides is 1. The van der Waals surface area contributed by atoms with Crippen molar-refractivity contribution in [3.8, 4) is 0 Å². The van der Waals surface area contributed by atoms with E-state index in [2.05, 4.69) is 15.3 Å². The van der Waals surface area contributed by atoms with E-state index in [1.165, 1.54) is 29.1 Å². The average molecular weight is 430 g/mol. The van der Waals surface area contributed by atoms with Crippen LogP contribution in [0.2, 0.25) is 0 Å². The Hall–Kier alpha value is -3.23. The van der Waals surface area contributed by atoms with Crippen LogP contribution in [0.4, 0.5) is 18.9 Å². The molecule has 1 aliphatic rings. The molecule has 1 unspecified atom stereocenters. The van der Waals surface area contributed by atoms with Gasteiger partial charge in [0.2, 0.25) is 5.91 Å². The molecule has 0 radical (unpaired) electrons. The molecule has 1 aromatic carbocycles. The predicted octanol–water partition coefficient (Wildman–Crippen LogP) is 4.28. The minimum absolute atomic E-state index is 0.200. The lowest BCUT2D eigenvalue weighted by Gasteiger charge is -2.20. The number of pyridine rings is 1. The number of rotatable bonds is 4. The van der Waals surface area contributed by atoms with Gasteiger partial charge in [-0.25, -0.2) is 9.97 Å². The SMILES string of the molecule is CCC(C(=O)Nc1ccccc1C(F)(F)F)n1cnc2nc3c(cc2c1=O)CCCC3. The predicted molar refractivity (Wildman–Crippen MR) is 110 cm³/mol. The zero-order chi connectivity index (χ0) is 22.2. The summed E-state index contributed by atoms with van der Waals surface area (Å²) in [5, 5.41) is 2.64. The van der Waals surface area contributed by atoms with Crippen molar-refractivity contribution in [2.75, 3.05) is 5.32 Å². The highest BCUT2D eigenvalue weighted by Crippen LogP contribution is 2.35. The van der Waals surface area contributed by atoms with Crippen molar-refractivity contribution < 1.29 is 18.0 Å². The molecule has 162 valence electrons. The Kier molecular flexibility index (Phi) is 5.51. The quantitative estimate of drug-likeness (QED) is 0.670. The maximum Gasteiger partial charge on any atom is 0.418 e. The number of para-hydroxylation sites is 1. The molecule has 1 N–H and O–H groups in total. The topological polar surface area (TPSA) is 76.9 Å². The molecule has 0 spiro atoms. The first kappa shape index (κ1) is 21.0. The summed E-state index contributed by atoms with van der Waals surface area (Å²) in [7, 11) is 0. The van der Waals surface area contributed by atoms with Crippen molar-refractivity contribution in [1.29, 1.82) is 0 Å². The fourth-order valence-corrected chi connectivity index (χ4v) is 3.97. The number of carbonyl (C=O) groups excluding carboxylic acids is 1. The lowest BCUT2D eigenvalue weighted by Crippen LogP contribution is -2.34. The van der Waals surface area contributed by atoms with Crippen molar-refractivity contribution in [2.24, 2.45) is 0 Å². The van der Waals surface area contributed by atoms with Gasteiger partial charge in [-0.2, -0.15) is 13.2 Å². The summed E-state index contributed by atoms with van der Waals surface area (Å²) >= 11 is 0. The van der Waals surface area contributed by atoms with Crippen molar-refractivity contribution in [2.45, 2.75) is 51.2 Å². The van der Waals surface area contributed by atoms with Gasteiger partial charge in [-0.3, -0.25) is 14.2 Å². The second-order valence-corrected chi connectivity index (χ2v) is 7.59. The van der Waals surface area contributed by atoms with E-state index in [1.54, 1.807) is 13.0 Å². The van der Waals surface area contributed by atoms with Gasteiger partial charge in [0.25, 0.3) is 5.56 Å². The molecule has 2 heterocycles. The van der Waals surface area contributed by atoms with Gasteiger partial charge in [-0.15, -0.1) is 0 Å². The second-order valence-electron chi connectivity index (χ2n) is 7.59. The highest BCUT2D eigenvalue weighted by molar-refractivity contribution is 5.94. The molecule has 1 aliphatic carbocycles. The number of nitrogens with one attached hydrogen (secondary N) is 1. The summed E-state index contributed by atoms with van der Waals surface area (Å²) in [5.41, 5.74) is 0.537. The van der Waals surface area contributed by atoms with E-state index in [4.69, 9.17) is 0 Å². The van der Waals surface area contributed by atoms with Crippen LogP contribution in [0, 0.1) is 0 Å². The number of hydrogen-bond donors (Lipinski definition) is 1. The third kappa shape index (κ3) is 4.04. The van der Waals surface area contributed by atoms with Gasteiger partial charge in [-0.05, 0) is 55.9 Å². The summed E-state index contributed by atoms with van der Waals surface area (Å²) < 4.78 is 40.9. The zero-order valence-electron chi connectivity index (χ0n) is 16.9. The number of halogens is 3. The van der Waals surface area contributed by atoms with Crippen LogP contribution in [0.15, 0.2) is 41.5 Å². The molecular formula is C22H21F3N4O2. The van der Waals surface area contributed by atoms with Crippen LogP contribution in [0.3, 0.4) is 0 Å². The summed E-state index contributed by atoms with van der Waals surface area (Å²) in [6, 6.07) is 5.51. The average Bonchev–Trinajstić information content (AvgIpc) is 2.74. The molecule has 6 nitrogen and oxygen atoms in total. The van der Waals surface area contributed by atoms with Crippen molar-refractivity contribution in [3.05, 3.63) is 63.8 Å². The molecule has 1 atom stereocenters. The fraction of sp³-hybridized carbons (Fsp3) is 0.364. The van der Waals surface area contributed by atoms with Gasteiger partial charge in [0.1, 0.15) is 12.4 Å². The molecule has 0 bridgehead atoms. The summed E-state index contributed by atoms with van der Waals surface area (Å²) in [6.07, 6.45) is 0.569. The van der Waals surface area contributed by atoms with Crippen molar-refractivity contribution in [1.82, 2.24) is 14.5 Å². The molecule has 2 aromatic heterocycles. The molecule has 0 aliphatic heterocycles. The van der Waals surface area contributed by atoms with Gasteiger partial charge in [0.15, 0.2) is 5.65 Å². The second kappa shape index (κ2) is 8.13. The van der Waals surface area contributed by atoms with Crippen LogP contribution in [0.1, 0.15) is 49.0 Å². The van der Waals surface area contributed by atoms with Crippen LogP contribution in [0.5, 0.6) is 0 Å². The van der Waals surface area contributed by atoms with Gasteiger partial charge in [-0.1, -0.05) is 19.1 Å². The van der Waals surface area contributed by atoms with E-state index in [1.807, 2.05) is 0 Å². The number of alkyl halides is 3. The molecule has 1 amide bonds. The molecule has 4 rings (SSSR count). The van der Waals surface area contributed by atoms with Crippen LogP contribution in [-0.4, -0.2) is 20.4 Å². The Bertz CT molecular complexity index is 1200. The number of aromatic nitrogens is 3. The number of nitrogens with zero attached hydrogens (tertiary/aromatic N) is 3. The highest BCUT2D eigenvalue weighted by Gasteiger charge is 2.34. The zero-order valence-corrected chi connectivity index (χ0v) is 16.9. The Labute approximate surface area is 176 Å². The summed E-state index contributed by atoms with van der Waals surface area (Å²) in [6.45, 7) is 1.68. The first-order chi connectivity index (χ1) is 14.8. The number of benzene rings is 1. The van der Waals surface area contributed by atoms with Crippen molar-refractivity contribution >= 4 is 22.6 Å². The van der Waals surface area contributed by atoms with Gasteiger partial charge in [0.05, 0.1) is 16.6 Å². The largest absolute Gasteiger partial charge is 0.418 e. The van der Waals surface area contributed by atoms with Crippen LogP contribution >= 0.6 is 0 Å². The molecule has 0 saturated heterocycles. The molecular weight excluding hydrogens is 409 g/mol. The van der Waals surface area contributed by atoms with Crippen molar-refractivity contribution in [3.63, 3.8) is 0 Å². The van der Waals surface area contributed by atoms with Gasteiger partial charge >= 0.3 is 6.18 Å². The first-order valence-electron chi connectivity index (χ1n) is 10.2. The molecule has 31 heavy (non-hydrogen) atoms. The fourth-order valence-electron chi connectivity index (χ4n) is 3.97. The van der Waals surface area contributed by atoms with E-state index < -0.39 is 29.2 Å². The first-order valence-corrected chi connectivity index (χ1v) is 10.2. The van der Waals surface area contributed by atoms with E-state index >= 15 is 0 Å². The Morgan fingerprint density at radius 3 is 2.71 bits per heavy atom. The normalized spacial score (nSPS) is 14.8. The third-order valence-corrected chi connectivity index (χ3v) is 5.57. The number of carbonyl (C=O) groups is 1. The monoisotopic (exact) mass is 430 g/mol. The van der Waals surface area contributed by atoms with E-state index in [9.17, 15) is 22.8 Å². The van der Waals surface area contributed by atoms with E-state index in [0.717, 1.165) is 43.0 Å². The van der Waals surface area contributed by atoms with Crippen LogP contribution in [0.25, 0.3) is 11.0 Å². The van der Waals surface area contributed by atoms with Gasteiger partial charge < -0.3 is 5.32 Å². The summed E-state index contributed by atoms with van der Waals surface area (Å²) in [4.78, 5) is 34.7. The van der Waals surface area contributed by atoms with Gasteiger partial charge in [0, 0.05) is 5.69 Å². The Balaban J connectivity index is 1.70. The number of fused-ring (bicyclic) bond motifs is 2. The molecule has 0 saturated carbocycles. The number of aryl methyl sites for hydroxylation is 2. The number of hydrogen-bond acceptors (Lipinski definition) is 4. The standard InChI is InChI=1S/C22H21F3N4O2/c1-2-18(20(30)28-17-10-6-4-8-15(17)22(23,24)25)29-12-26-19-14(21(29)31)11-13-7-3-5-9-16(13)27-19/h4,6,8,10-12,18H,2-3,5,7,9H2,1H3,(H,28,30). The smallest absolute Gasteiger partial charge is 0.324 e. The molecule has 3 aromatic rings. The van der Waals surface area contributed by atoms with E-state index in [-0.39, 0.29) is 12.1 Å². The summed E-state index contributed by atoms with van der Waals surface area (Å²) in [5.74, 6) is -0.714. The maximum absolute atomic E-state index is 13.3. The molecule has 0 fully saturated rings. The highest BCUT2D eigenvalue weighted by atomic mass is 19.4. The Morgan fingerprint density at radius 1 is 1.23 bits per heavy atom. The lowest BCUT2D eigenvalue weighted by molar-refractivity contribution is -0.137. The minimum Gasteiger partial charge on any atom is -0.324 e. The van der Waals surface area contributed by atoms with Crippen LogP contribution in [-0.2, 0) is 23.8 Å². The lowest BCUT2D eigenvalue weighted by atomic mass is 9.95. The minimum atomic E-state index is -4.61. The third-order valence-electron chi connectivity index (χ3n) is 5.57. The molecule has 9 heteroatoms. The maximum atomic E-state index is 13.3.